The SMILES string of the molecule is CCCCCCCCCCCCCC(=O)O[C@H]1CC(=O)O[C@@H]1CO. The fourth-order valence-electron chi connectivity index (χ4n) is 3.02. The molecule has 0 bridgehead atoms. The summed E-state index contributed by atoms with van der Waals surface area (Å²) in [4.78, 5) is 22.9. The van der Waals surface area contributed by atoms with Gasteiger partial charge < -0.3 is 14.6 Å². The lowest BCUT2D eigenvalue weighted by molar-refractivity contribution is -0.154. The summed E-state index contributed by atoms with van der Waals surface area (Å²) in [5, 5.41) is 9.08. The largest absolute Gasteiger partial charge is 0.458 e. The second-order valence-corrected chi connectivity index (χ2v) is 6.73. The van der Waals surface area contributed by atoms with Gasteiger partial charge in [-0.3, -0.25) is 9.59 Å². The Morgan fingerprint density at radius 2 is 1.58 bits per heavy atom. The molecular formula is C19H34O5. The van der Waals surface area contributed by atoms with Crippen LogP contribution in [0.1, 0.15) is 90.4 Å². The van der Waals surface area contributed by atoms with Crippen molar-refractivity contribution in [2.45, 2.75) is 103 Å². The molecule has 1 aliphatic heterocycles. The summed E-state index contributed by atoms with van der Waals surface area (Å²) >= 11 is 0. The Bertz CT molecular complexity index is 356. The zero-order valence-corrected chi connectivity index (χ0v) is 15.1. The molecule has 0 saturated carbocycles. The van der Waals surface area contributed by atoms with Gasteiger partial charge in [-0.15, -0.1) is 0 Å². The summed E-state index contributed by atoms with van der Waals surface area (Å²) in [7, 11) is 0. The van der Waals surface area contributed by atoms with E-state index in [1.807, 2.05) is 0 Å². The minimum absolute atomic E-state index is 0.0508. The third-order valence-electron chi connectivity index (χ3n) is 4.51. The number of cyclic esters (lactones) is 1. The molecule has 0 spiro atoms. The van der Waals surface area contributed by atoms with Crippen LogP contribution in [-0.4, -0.2) is 35.9 Å². The second-order valence-electron chi connectivity index (χ2n) is 6.73. The lowest BCUT2D eigenvalue weighted by Gasteiger charge is -2.15. The molecule has 0 amide bonds. The monoisotopic (exact) mass is 342 g/mol. The molecule has 24 heavy (non-hydrogen) atoms. The molecule has 1 fully saturated rings. The van der Waals surface area contributed by atoms with Crippen LogP contribution >= 0.6 is 0 Å². The van der Waals surface area contributed by atoms with E-state index in [1.165, 1.54) is 51.4 Å². The number of rotatable bonds is 14. The predicted molar refractivity (Wildman–Crippen MR) is 92.5 cm³/mol. The van der Waals surface area contributed by atoms with Crippen LogP contribution in [0, 0.1) is 0 Å². The summed E-state index contributed by atoms with van der Waals surface area (Å²) < 4.78 is 10.1. The van der Waals surface area contributed by atoms with E-state index >= 15 is 0 Å². The topological polar surface area (TPSA) is 72.8 Å². The van der Waals surface area contributed by atoms with Gasteiger partial charge in [0.1, 0.15) is 0 Å². The highest BCUT2D eigenvalue weighted by Crippen LogP contribution is 2.19. The molecule has 0 radical (unpaired) electrons. The third-order valence-corrected chi connectivity index (χ3v) is 4.51. The van der Waals surface area contributed by atoms with Crippen molar-refractivity contribution >= 4 is 11.9 Å². The molecule has 5 heteroatoms. The van der Waals surface area contributed by atoms with Crippen molar-refractivity contribution in [3.63, 3.8) is 0 Å². The van der Waals surface area contributed by atoms with Crippen LogP contribution in [0.15, 0.2) is 0 Å². The molecule has 5 nitrogen and oxygen atoms in total. The zero-order valence-electron chi connectivity index (χ0n) is 15.1. The summed E-state index contributed by atoms with van der Waals surface area (Å²) in [5.41, 5.74) is 0. The highest BCUT2D eigenvalue weighted by Gasteiger charge is 2.37. The maximum absolute atomic E-state index is 11.8. The van der Waals surface area contributed by atoms with Gasteiger partial charge in [-0.2, -0.15) is 0 Å². The first kappa shape index (κ1) is 20.9. The number of unbranched alkanes of at least 4 members (excludes halogenated alkanes) is 10. The van der Waals surface area contributed by atoms with Crippen molar-refractivity contribution in [2.75, 3.05) is 6.61 Å². The highest BCUT2D eigenvalue weighted by atomic mass is 16.6. The molecule has 2 atom stereocenters. The molecule has 0 aromatic rings. The first-order chi connectivity index (χ1) is 11.7. The van der Waals surface area contributed by atoms with E-state index in [-0.39, 0.29) is 19.0 Å². The van der Waals surface area contributed by atoms with Gasteiger partial charge in [-0.25, -0.2) is 0 Å². The number of aliphatic hydroxyl groups excluding tert-OH is 1. The Hall–Kier alpha value is -1.10. The second kappa shape index (κ2) is 13.2. The number of aliphatic hydroxyl groups is 1. The van der Waals surface area contributed by atoms with Crippen LogP contribution in [-0.2, 0) is 19.1 Å². The average Bonchev–Trinajstić information content (AvgIpc) is 2.92. The summed E-state index contributed by atoms with van der Waals surface area (Å²) in [6.45, 7) is 1.93. The quantitative estimate of drug-likeness (QED) is 0.383. The van der Waals surface area contributed by atoms with E-state index in [2.05, 4.69) is 6.92 Å². The number of esters is 2. The number of carbonyl (C=O) groups is 2. The van der Waals surface area contributed by atoms with Crippen molar-refractivity contribution in [1.29, 1.82) is 0 Å². The highest BCUT2D eigenvalue weighted by molar-refractivity contribution is 5.74. The van der Waals surface area contributed by atoms with E-state index < -0.39 is 18.2 Å². The molecule has 140 valence electrons. The van der Waals surface area contributed by atoms with Crippen LogP contribution < -0.4 is 0 Å². The van der Waals surface area contributed by atoms with E-state index in [9.17, 15) is 9.59 Å². The molecule has 1 heterocycles. The van der Waals surface area contributed by atoms with E-state index in [0.29, 0.717) is 6.42 Å². The van der Waals surface area contributed by atoms with Gasteiger partial charge in [0.2, 0.25) is 0 Å². The number of ether oxygens (including phenoxy) is 2. The van der Waals surface area contributed by atoms with E-state index in [0.717, 1.165) is 19.3 Å². The smallest absolute Gasteiger partial charge is 0.310 e. The Balaban J connectivity index is 1.92. The van der Waals surface area contributed by atoms with Crippen LogP contribution in [0.4, 0.5) is 0 Å². The van der Waals surface area contributed by atoms with Crippen LogP contribution in [0.3, 0.4) is 0 Å². The molecule has 0 aromatic heterocycles. The fraction of sp³-hybridized carbons (Fsp3) is 0.895. The molecule has 1 saturated heterocycles. The van der Waals surface area contributed by atoms with Crippen LogP contribution in [0.25, 0.3) is 0 Å². The van der Waals surface area contributed by atoms with Crippen molar-refractivity contribution < 1.29 is 24.2 Å². The number of carbonyl (C=O) groups excluding carboxylic acids is 2. The fourth-order valence-corrected chi connectivity index (χ4v) is 3.02. The zero-order chi connectivity index (χ0) is 17.6. The Morgan fingerprint density at radius 1 is 1.04 bits per heavy atom. The van der Waals surface area contributed by atoms with Gasteiger partial charge in [0, 0.05) is 6.42 Å². The molecule has 1 N–H and O–H groups in total. The lowest BCUT2D eigenvalue weighted by Crippen LogP contribution is -2.30. The molecular weight excluding hydrogens is 308 g/mol. The molecule has 1 aliphatic rings. The number of hydrogen-bond acceptors (Lipinski definition) is 5. The molecule has 0 aromatic carbocycles. The van der Waals surface area contributed by atoms with Crippen LogP contribution in [0.5, 0.6) is 0 Å². The van der Waals surface area contributed by atoms with Crippen molar-refractivity contribution in [1.82, 2.24) is 0 Å². The van der Waals surface area contributed by atoms with Crippen molar-refractivity contribution in [2.24, 2.45) is 0 Å². The van der Waals surface area contributed by atoms with Gasteiger partial charge in [0.15, 0.2) is 12.2 Å². The maximum Gasteiger partial charge on any atom is 0.310 e. The predicted octanol–water partition coefficient (Wildman–Crippen LogP) is 3.91. The summed E-state index contributed by atoms with van der Waals surface area (Å²) in [6.07, 6.45) is 12.7. The van der Waals surface area contributed by atoms with Crippen molar-refractivity contribution in [3.05, 3.63) is 0 Å². The third kappa shape index (κ3) is 9.26. The molecule has 1 rings (SSSR count). The van der Waals surface area contributed by atoms with Crippen LogP contribution in [0.2, 0.25) is 0 Å². The van der Waals surface area contributed by atoms with E-state index in [1.54, 1.807) is 0 Å². The standard InChI is InChI=1S/C19H34O5/c1-2-3-4-5-6-7-8-9-10-11-12-13-18(21)23-16-14-19(22)24-17(16)15-20/h16-17,20H,2-15H2,1H3/t16-,17+/m0/s1. The Labute approximate surface area is 146 Å². The first-order valence-electron chi connectivity index (χ1n) is 9.67. The molecule has 0 unspecified atom stereocenters. The average molecular weight is 342 g/mol. The summed E-state index contributed by atoms with van der Waals surface area (Å²) in [6, 6.07) is 0. The maximum atomic E-state index is 11.8. The molecule has 0 aliphatic carbocycles. The van der Waals surface area contributed by atoms with E-state index in [4.69, 9.17) is 14.6 Å². The number of hydrogen-bond donors (Lipinski definition) is 1. The lowest BCUT2D eigenvalue weighted by atomic mass is 10.1. The van der Waals surface area contributed by atoms with Gasteiger partial charge >= 0.3 is 11.9 Å². The van der Waals surface area contributed by atoms with Gasteiger partial charge in [0.05, 0.1) is 13.0 Å². The Kier molecular flexibility index (Phi) is 11.5. The van der Waals surface area contributed by atoms with Crippen molar-refractivity contribution in [3.8, 4) is 0 Å². The first-order valence-corrected chi connectivity index (χ1v) is 9.67. The Morgan fingerprint density at radius 3 is 2.12 bits per heavy atom. The normalized spacial score (nSPS) is 20.2. The van der Waals surface area contributed by atoms with Gasteiger partial charge in [-0.05, 0) is 6.42 Å². The van der Waals surface area contributed by atoms with Gasteiger partial charge in [0.25, 0.3) is 0 Å². The minimum atomic E-state index is -0.696. The van der Waals surface area contributed by atoms with Gasteiger partial charge in [-0.1, -0.05) is 71.1 Å². The summed E-state index contributed by atoms with van der Waals surface area (Å²) in [5.74, 6) is -0.714. The minimum Gasteiger partial charge on any atom is -0.458 e.